The van der Waals surface area contributed by atoms with Crippen LogP contribution in [-0.2, 0) is 9.53 Å². The molecule has 0 spiro atoms. The molecule has 0 radical (unpaired) electrons. The molecule has 0 amide bonds. The lowest BCUT2D eigenvalue weighted by atomic mass is 10.0. The minimum Gasteiger partial charge on any atom is -0.456 e. The lowest BCUT2D eigenvalue weighted by Crippen LogP contribution is -2.12. The molecule has 0 bridgehead atoms. The van der Waals surface area contributed by atoms with Gasteiger partial charge >= 0.3 is 5.97 Å². The number of aromatic nitrogens is 1. The Bertz CT molecular complexity index is 1210. The molecule has 1 aliphatic rings. The van der Waals surface area contributed by atoms with E-state index in [9.17, 15) is 14.4 Å². The summed E-state index contributed by atoms with van der Waals surface area (Å²) in [7, 11) is 0. The fourth-order valence-electron chi connectivity index (χ4n) is 2.86. The zero-order valence-electron chi connectivity index (χ0n) is 15.7. The average molecular weight is 441 g/mol. The first-order valence-corrected chi connectivity index (χ1v) is 10.5. The number of nitrogens with two attached hydrogens (primary N) is 2. The molecule has 1 aliphatic heterocycles. The molecule has 0 fully saturated rings. The number of nitrogen functional groups attached to an aromatic ring is 1. The molecule has 2 aromatic heterocycles. The van der Waals surface area contributed by atoms with Crippen LogP contribution in [0.15, 0.2) is 47.0 Å². The second-order valence-corrected chi connectivity index (χ2v) is 8.41. The number of carbonyl (C=O) groups excluding carboxylic acids is 3. The zero-order valence-corrected chi connectivity index (χ0v) is 17.4. The van der Waals surface area contributed by atoms with Crippen molar-refractivity contribution in [2.75, 3.05) is 17.7 Å². The van der Waals surface area contributed by atoms with E-state index in [1.54, 1.807) is 24.3 Å². The number of esters is 1. The second kappa shape index (κ2) is 7.73. The predicted octanol–water partition coefficient (Wildman–Crippen LogP) is 3.02. The summed E-state index contributed by atoms with van der Waals surface area (Å²) in [6, 6.07) is 8.46. The highest BCUT2D eigenvalue weighted by atomic mass is 32.1. The number of thiazole rings is 1. The van der Waals surface area contributed by atoms with Gasteiger partial charge in [-0.3, -0.25) is 9.59 Å². The first-order valence-electron chi connectivity index (χ1n) is 8.77. The molecular weight excluding hydrogens is 424 g/mol. The van der Waals surface area contributed by atoms with Gasteiger partial charge in [0, 0.05) is 11.3 Å². The van der Waals surface area contributed by atoms with Gasteiger partial charge in [0.2, 0.25) is 5.78 Å². The van der Waals surface area contributed by atoms with Crippen LogP contribution in [0.2, 0.25) is 0 Å². The molecular formula is C20H16N4O4S2. The standard InChI is InChI=1S/C20H16N4O4S2/c1-9-6-7-29-16(9)15(26)17-18(22)24-20(30-17)23-11-4-2-10(3-5-11)14(25)12-8-28-19(27)13(12)21/h2-7H,8,21-22H2,1H3,(H,23,24). The van der Waals surface area contributed by atoms with Crippen LogP contribution in [-0.4, -0.2) is 29.1 Å². The summed E-state index contributed by atoms with van der Waals surface area (Å²) in [6.45, 7) is 1.75. The van der Waals surface area contributed by atoms with Crippen molar-refractivity contribution in [3.63, 3.8) is 0 Å². The van der Waals surface area contributed by atoms with E-state index in [0.29, 0.717) is 26.1 Å². The molecule has 152 valence electrons. The predicted molar refractivity (Wildman–Crippen MR) is 115 cm³/mol. The van der Waals surface area contributed by atoms with Gasteiger partial charge in [-0.1, -0.05) is 11.3 Å². The van der Waals surface area contributed by atoms with Crippen LogP contribution in [0.4, 0.5) is 16.6 Å². The highest BCUT2D eigenvalue weighted by Crippen LogP contribution is 2.32. The van der Waals surface area contributed by atoms with Crippen LogP contribution >= 0.6 is 22.7 Å². The van der Waals surface area contributed by atoms with E-state index >= 15 is 0 Å². The highest BCUT2D eigenvalue weighted by molar-refractivity contribution is 7.19. The van der Waals surface area contributed by atoms with Gasteiger partial charge in [-0.05, 0) is 48.2 Å². The zero-order chi connectivity index (χ0) is 21.4. The summed E-state index contributed by atoms with van der Waals surface area (Å²) in [5, 5.41) is 5.41. The Morgan fingerprint density at radius 1 is 1.10 bits per heavy atom. The number of carbonyl (C=O) groups is 3. The van der Waals surface area contributed by atoms with Gasteiger partial charge in [-0.25, -0.2) is 9.78 Å². The molecule has 4 rings (SSSR count). The van der Waals surface area contributed by atoms with Crippen molar-refractivity contribution in [2.45, 2.75) is 6.92 Å². The molecule has 0 unspecified atom stereocenters. The number of hydrogen-bond acceptors (Lipinski definition) is 10. The molecule has 3 heterocycles. The van der Waals surface area contributed by atoms with Crippen LogP contribution in [0.1, 0.15) is 30.5 Å². The number of anilines is 3. The van der Waals surface area contributed by atoms with Crippen molar-refractivity contribution in [1.82, 2.24) is 4.98 Å². The van der Waals surface area contributed by atoms with Gasteiger partial charge in [0.25, 0.3) is 0 Å². The smallest absolute Gasteiger partial charge is 0.355 e. The molecule has 10 heteroatoms. The minimum atomic E-state index is -0.680. The number of nitrogens with one attached hydrogen (secondary N) is 1. The molecule has 30 heavy (non-hydrogen) atoms. The van der Waals surface area contributed by atoms with Crippen molar-refractivity contribution < 1.29 is 19.1 Å². The lowest BCUT2D eigenvalue weighted by Gasteiger charge is -2.05. The van der Waals surface area contributed by atoms with E-state index in [-0.39, 0.29) is 35.3 Å². The molecule has 8 nitrogen and oxygen atoms in total. The molecule has 1 aromatic carbocycles. The van der Waals surface area contributed by atoms with E-state index in [4.69, 9.17) is 16.2 Å². The van der Waals surface area contributed by atoms with Crippen LogP contribution in [0.3, 0.4) is 0 Å². The van der Waals surface area contributed by atoms with Crippen LogP contribution < -0.4 is 16.8 Å². The summed E-state index contributed by atoms with van der Waals surface area (Å²) >= 11 is 2.53. The number of ketones is 2. The number of benzene rings is 1. The third-order valence-electron chi connectivity index (χ3n) is 4.49. The third kappa shape index (κ3) is 3.58. The Balaban J connectivity index is 1.51. The third-order valence-corrected chi connectivity index (χ3v) is 6.49. The first-order chi connectivity index (χ1) is 14.3. The Hall–Kier alpha value is -3.50. The Morgan fingerprint density at radius 2 is 1.83 bits per heavy atom. The fourth-order valence-corrected chi connectivity index (χ4v) is 4.65. The molecule has 0 atom stereocenters. The second-order valence-electron chi connectivity index (χ2n) is 6.50. The number of rotatable bonds is 6. The Labute approximate surface area is 179 Å². The van der Waals surface area contributed by atoms with Gasteiger partial charge in [0.15, 0.2) is 10.9 Å². The summed E-state index contributed by atoms with van der Waals surface area (Å²) in [6.07, 6.45) is 0. The lowest BCUT2D eigenvalue weighted by molar-refractivity contribution is -0.136. The van der Waals surface area contributed by atoms with Crippen molar-refractivity contribution in [1.29, 1.82) is 0 Å². The molecule has 5 N–H and O–H groups in total. The summed E-state index contributed by atoms with van der Waals surface area (Å²) in [4.78, 5) is 41.8. The maximum Gasteiger partial charge on any atom is 0.355 e. The van der Waals surface area contributed by atoms with E-state index < -0.39 is 5.97 Å². The Kier molecular flexibility index (Phi) is 5.10. The van der Waals surface area contributed by atoms with Gasteiger partial charge in [-0.2, -0.15) is 0 Å². The van der Waals surface area contributed by atoms with Crippen molar-refractivity contribution >= 4 is 56.8 Å². The summed E-state index contributed by atoms with van der Waals surface area (Å²) < 4.78 is 4.77. The van der Waals surface area contributed by atoms with E-state index in [1.165, 1.54) is 22.7 Å². The van der Waals surface area contributed by atoms with E-state index in [1.807, 2.05) is 18.4 Å². The average Bonchev–Trinajstić information content (AvgIpc) is 3.41. The largest absolute Gasteiger partial charge is 0.456 e. The number of hydrogen-bond donors (Lipinski definition) is 3. The highest BCUT2D eigenvalue weighted by Gasteiger charge is 2.28. The molecule has 3 aromatic rings. The quantitative estimate of drug-likeness (QED) is 0.393. The number of thiophene rings is 1. The first kappa shape index (κ1) is 19.8. The Morgan fingerprint density at radius 3 is 2.43 bits per heavy atom. The van der Waals surface area contributed by atoms with Crippen molar-refractivity contribution in [3.05, 3.63) is 67.9 Å². The maximum atomic E-state index is 12.7. The molecule has 0 aliphatic carbocycles. The topological polar surface area (TPSA) is 137 Å². The number of cyclic esters (lactones) is 1. The van der Waals surface area contributed by atoms with Gasteiger partial charge < -0.3 is 21.5 Å². The van der Waals surface area contributed by atoms with E-state index in [0.717, 1.165) is 5.56 Å². The summed E-state index contributed by atoms with van der Waals surface area (Å²) in [5.74, 6) is -1.02. The van der Waals surface area contributed by atoms with Crippen LogP contribution in [0.5, 0.6) is 0 Å². The molecule has 0 saturated heterocycles. The van der Waals surface area contributed by atoms with Crippen LogP contribution in [0, 0.1) is 6.92 Å². The fraction of sp³-hybridized carbons (Fsp3) is 0.100. The SMILES string of the molecule is Cc1ccsc1C(=O)c1sc(Nc2ccc(C(=O)C3=C(N)C(=O)OC3)cc2)nc1N. The van der Waals surface area contributed by atoms with Gasteiger partial charge in [-0.15, -0.1) is 11.3 Å². The van der Waals surface area contributed by atoms with Gasteiger partial charge in [0.05, 0.1) is 10.5 Å². The monoisotopic (exact) mass is 440 g/mol. The number of ether oxygens (including phenoxy) is 1. The summed E-state index contributed by atoms with van der Waals surface area (Å²) in [5.41, 5.74) is 13.5. The number of aryl methyl sites for hydroxylation is 1. The van der Waals surface area contributed by atoms with Gasteiger partial charge in [0.1, 0.15) is 23.0 Å². The van der Waals surface area contributed by atoms with Crippen molar-refractivity contribution in [2.24, 2.45) is 5.73 Å². The normalized spacial score (nSPS) is 13.4. The number of nitrogens with zero attached hydrogens (tertiary/aromatic N) is 1. The molecule has 0 saturated carbocycles. The maximum absolute atomic E-state index is 12.7. The minimum absolute atomic E-state index is 0.123. The number of Topliss-reactive ketones (excluding diaryl/α,β-unsaturated/α-hetero) is 1. The van der Waals surface area contributed by atoms with Crippen LogP contribution in [0.25, 0.3) is 0 Å². The van der Waals surface area contributed by atoms with Crippen molar-refractivity contribution in [3.8, 4) is 0 Å². The van der Waals surface area contributed by atoms with E-state index in [2.05, 4.69) is 10.3 Å².